The van der Waals surface area contributed by atoms with Gasteiger partial charge in [-0.15, -0.1) is 0 Å². The van der Waals surface area contributed by atoms with Gasteiger partial charge in [0, 0.05) is 49.1 Å². The Hall–Kier alpha value is -3.45. The van der Waals surface area contributed by atoms with Crippen molar-refractivity contribution in [2.45, 2.75) is 38.6 Å². The van der Waals surface area contributed by atoms with E-state index in [0.717, 1.165) is 40.4 Å². The molecule has 5 nitrogen and oxygen atoms in total. The zero-order valence-corrected chi connectivity index (χ0v) is 21.8. The summed E-state index contributed by atoms with van der Waals surface area (Å²) in [5.41, 5.74) is 4.30. The monoisotopic (exact) mass is 518 g/mol. The number of hydrogen-bond donors (Lipinski definition) is 0. The summed E-state index contributed by atoms with van der Waals surface area (Å²) in [6.07, 6.45) is 4.03. The minimum absolute atomic E-state index is 0.0561. The minimum atomic E-state index is -0.255. The highest BCUT2D eigenvalue weighted by Gasteiger charge is 2.31. The summed E-state index contributed by atoms with van der Waals surface area (Å²) >= 11 is 1.62. The van der Waals surface area contributed by atoms with Gasteiger partial charge in [-0.1, -0.05) is 30.3 Å². The van der Waals surface area contributed by atoms with E-state index in [1.54, 1.807) is 23.5 Å². The minimum Gasteiger partial charge on any atom is -0.466 e. The molecule has 4 aromatic rings. The fourth-order valence-corrected chi connectivity index (χ4v) is 6.02. The zero-order chi connectivity index (χ0) is 25.8. The van der Waals surface area contributed by atoms with Crippen molar-refractivity contribution in [1.82, 2.24) is 9.47 Å². The van der Waals surface area contributed by atoms with Gasteiger partial charge in [0.2, 0.25) is 5.91 Å². The van der Waals surface area contributed by atoms with Gasteiger partial charge in [-0.2, -0.15) is 11.3 Å². The van der Waals surface area contributed by atoms with E-state index in [0.29, 0.717) is 32.7 Å². The summed E-state index contributed by atoms with van der Waals surface area (Å²) in [5.74, 6) is -0.768. The fraction of sp³-hybridized carbons (Fsp3) is 0.333. The van der Waals surface area contributed by atoms with Crippen LogP contribution in [-0.4, -0.2) is 41.0 Å². The molecule has 0 radical (unpaired) electrons. The van der Waals surface area contributed by atoms with E-state index >= 15 is 0 Å². The molecule has 1 saturated heterocycles. The Morgan fingerprint density at radius 3 is 2.70 bits per heavy atom. The number of ether oxygens (including phenoxy) is 1. The number of halogens is 1. The molecule has 1 fully saturated rings. The fourth-order valence-electron chi connectivity index (χ4n) is 5.31. The van der Waals surface area contributed by atoms with Gasteiger partial charge < -0.3 is 14.2 Å². The topological polar surface area (TPSA) is 51.5 Å². The maximum absolute atomic E-state index is 13.6. The molecular weight excluding hydrogens is 487 g/mol. The predicted molar refractivity (Wildman–Crippen MR) is 144 cm³/mol. The first-order chi connectivity index (χ1) is 18.0. The maximum Gasteiger partial charge on any atom is 0.310 e. The molecule has 3 heterocycles. The van der Waals surface area contributed by atoms with E-state index in [9.17, 15) is 14.0 Å². The summed E-state index contributed by atoms with van der Waals surface area (Å²) in [6, 6.07) is 16.9. The molecule has 0 N–H and O–H groups in total. The number of hydrogen-bond acceptors (Lipinski definition) is 4. The Bertz CT molecular complexity index is 1360. The number of nitrogens with zero attached hydrogens (tertiary/aromatic N) is 2. The average Bonchev–Trinajstić information content (AvgIpc) is 3.58. The number of rotatable bonds is 8. The summed E-state index contributed by atoms with van der Waals surface area (Å²) < 4.78 is 20.9. The third-order valence-corrected chi connectivity index (χ3v) is 7.88. The first kappa shape index (κ1) is 25.2. The van der Waals surface area contributed by atoms with E-state index in [1.807, 2.05) is 29.3 Å². The lowest BCUT2D eigenvalue weighted by atomic mass is 9.89. The van der Waals surface area contributed by atoms with Crippen LogP contribution < -0.4 is 0 Å². The average molecular weight is 519 g/mol. The second-order valence-corrected chi connectivity index (χ2v) is 10.4. The number of aromatic nitrogens is 1. The number of fused-ring (bicyclic) bond motifs is 1. The molecule has 2 aromatic carbocycles. The molecule has 7 heteroatoms. The summed E-state index contributed by atoms with van der Waals surface area (Å²) in [7, 11) is 0. The van der Waals surface area contributed by atoms with E-state index in [2.05, 4.69) is 34.3 Å². The third kappa shape index (κ3) is 5.62. The summed E-state index contributed by atoms with van der Waals surface area (Å²) in [4.78, 5) is 27.8. The van der Waals surface area contributed by atoms with Gasteiger partial charge >= 0.3 is 5.97 Å². The lowest BCUT2D eigenvalue weighted by molar-refractivity contribution is -0.151. The van der Waals surface area contributed by atoms with Crippen LogP contribution in [0.5, 0.6) is 0 Å². The van der Waals surface area contributed by atoms with Crippen molar-refractivity contribution in [3.05, 3.63) is 94.1 Å². The molecule has 2 unspecified atom stereocenters. The number of likely N-dealkylation sites (tertiary alicyclic amines) is 1. The zero-order valence-electron chi connectivity index (χ0n) is 20.9. The van der Waals surface area contributed by atoms with Crippen LogP contribution in [0.1, 0.15) is 48.8 Å². The highest BCUT2D eigenvalue weighted by atomic mass is 32.1. The van der Waals surface area contributed by atoms with Crippen LogP contribution in [-0.2, 0) is 20.9 Å². The van der Waals surface area contributed by atoms with Crippen molar-refractivity contribution >= 4 is 34.1 Å². The molecule has 37 heavy (non-hydrogen) atoms. The molecule has 0 spiro atoms. The van der Waals surface area contributed by atoms with Gasteiger partial charge in [-0.3, -0.25) is 9.59 Å². The Kier molecular flexibility index (Phi) is 7.70. The summed E-state index contributed by atoms with van der Waals surface area (Å²) in [5, 5.41) is 5.26. The standard InChI is InChI=1S/C30H31FN2O3S/c1-2-36-30(35)22-6-5-14-32(18-22)29(34)16-26(23-13-15-37-20-23)27-19-33(28-8-4-3-7-25(27)28)17-21-9-11-24(31)12-10-21/h3-4,7-13,15,19-20,22,26H,2,5-6,14,16-18H2,1H3. The number of carbonyl (C=O) groups excluding carboxylic acids is 2. The molecular formula is C30H31FN2O3S. The molecule has 1 aliphatic heterocycles. The van der Waals surface area contributed by atoms with E-state index in [-0.39, 0.29) is 29.5 Å². The van der Waals surface area contributed by atoms with Crippen LogP contribution in [0.3, 0.4) is 0 Å². The van der Waals surface area contributed by atoms with Gasteiger partial charge in [-0.05, 0) is 71.5 Å². The number of esters is 1. The second kappa shape index (κ2) is 11.3. The van der Waals surface area contributed by atoms with Crippen LogP contribution in [0, 0.1) is 11.7 Å². The molecule has 2 aromatic heterocycles. The number of piperidine rings is 1. The van der Waals surface area contributed by atoms with Crippen molar-refractivity contribution in [1.29, 1.82) is 0 Å². The first-order valence-electron chi connectivity index (χ1n) is 12.8. The number of amides is 1. The smallest absolute Gasteiger partial charge is 0.310 e. The molecule has 1 amide bonds. The Balaban J connectivity index is 1.44. The lowest BCUT2D eigenvalue weighted by Crippen LogP contribution is -2.43. The third-order valence-electron chi connectivity index (χ3n) is 7.18. The lowest BCUT2D eigenvalue weighted by Gasteiger charge is -2.32. The van der Waals surface area contributed by atoms with Crippen LogP contribution >= 0.6 is 11.3 Å². The van der Waals surface area contributed by atoms with Crippen molar-refractivity contribution in [2.24, 2.45) is 5.92 Å². The SMILES string of the molecule is CCOC(=O)C1CCCN(C(=O)CC(c2ccsc2)c2cn(Cc3ccc(F)cc3)c3ccccc23)C1. The van der Waals surface area contributed by atoms with E-state index in [1.165, 1.54) is 12.1 Å². The van der Waals surface area contributed by atoms with Crippen molar-refractivity contribution in [2.75, 3.05) is 19.7 Å². The maximum atomic E-state index is 13.6. The molecule has 192 valence electrons. The molecule has 5 rings (SSSR count). The van der Waals surface area contributed by atoms with Gasteiger partial charge in [0.1, 0.15) is 5.82 Å². The van der Waals surface area contributed by atoms with Gasteiger partial charge in [-0.25, -0.2) is 4.39 Å². The first-order valence-corrected chi connectivity index (χ1v) is 13.8. The quantitative estimate of drug-likeness (QED) is 0.261. The van der Waals surface area contributed by atoms with Gasteiger partial charge in [0.25, 0.3) is 0 Å². The predicted octanol–water partition coefficient (Wildman–Crippen LogP) is 6.21. The Labute approximate surface area is 220 Å². The highest BCUT2D eigenvalue weighted by molar-refractivity contribution is 7.08. The highest BCUT2D eigenvalue weighted by Crippen LogP contribution is 2.37. The molecule has 0 bridgehead atoms. The number of thiophene rings is 1. The molecule has 0 saturated carbocycles. The van der Waals surface area contributed by atoms with Crippen LogP contribution in [0.15, 0.2) is 71.6 Å². The number of para-hydroxylation sites is 1. The summed E-state index contributed by atoms with van der Waals surface area (Å²) in [6.45, 7) is 3.85. The van der Waals surface area contributed by atoms with Crippen molar-refractivity contribution in [3.63, 3.8) is 0 Å². The van der Waals surface area contributed by atoms with Crippen LogP contribution in [0.25, 0.3) is 10.9 Å². The van der Waals surface area contributed by atoms with Crippen LogP contribution in [0.2, 0.25) is 0 Å². The number of benzene rings is 2. The van der Waals surface area contributed by atoms with Gasteiger partial charge in [0.05, 0.1) is 12.5 Å². The molecule has 1 aliphatic rings. The van der Waals surface area contributed by atoms with Crippen LogP contribution in [0.4, 0.5) is 4.39 Å². The van der Waals surface area contributed by atoms with E-state index in [4.69, 9.17) is 4.74 Å². The van der Waals surface area contributed by atoms with Gasteiger partial charge in [0.15, 0.2) is 0 Å². The van der Waals surface area contributed by atoms with Crippen molar-refractivity contribution < 1.29 is 18.7 Å². The number of carbonyl (C=O) groups is 2. The van der Waals surface area contributed by atoms with Crippen molar-refractivity contribution in [3.8, 4) is 0 Å². The Morgan fingerprint density at radius 1 is 1.14 bits per heavy atom. The largest absolute Gasteiger partial charge is 0.466 e. The second-order valence-electron chi connectivity index (χ2n) is 9.60. The molecule has 2 atom stereocenters. The van der Waals surface area contributed by atoms with E-state index < -0.39 is 0 Å². The molecule has 0 aliphatic carbocycles. The Morgan fingerprint density at radius 2 is 1.95 bits per heavy atom. The normalized spacial score (nSPS) is 16.6.